The molecule has 0 bridgehead atoms. The zero-order valence-electron chi connectivity index (χ0n) is 16.0. The molecule has 0 saturated carbocycles. The highest BCUT2D eigenvalue weighted by Gasteiger charge is 2.53. The van der Waals surface area contributed by atoms with Gasteiger partial charge in [0.25, 0.3) is 0 Å². The van der Waals surface area contributed by atoms with Crippen LogP contribution in [0, 0.1) is 0 Å². The lowest BCUT2D eigenvalue weighted by atomic mass is 9.69. The fourth-order valence-electron chi connectivity index (χ4n) is 4.72. The number of benzene rings is 1. The summed E-state index contributed by atoms with van der Waals surface area (Å²) >= 11 is 0. The molecule has 3 heterocycles. The van der Waals surface area contributed by atoms with Gasteiger partial charge in [-0.15, -0.1) is 0 Å². The van der Waals surface area contributed by atoms with Gasteiger partial charge >= 0.3 is 5.97 Å². The van der Waals surface area contributed by atoms with Gasteiger partial charge in [-0.3, -0.25) is 0 Å². The van der Waals surface area contributed by atoms with Gasteiger partial charge in [0.05, 0.1) is 25.0 Å². The number of rotatable bonds is 3. The minimum atomic E-state index is -0.405. The van der Waals surface area contributed by atoms with Crippen molar-refractivity contribution in [3.63, 3.8) is 0 Å². The SMILES string of the molecule is COc1ccc2c3c1OC1C[C@@H](OC(=O)c4cnc[nH]4)C=C[C@@]31CCN(C)C2. The second-order valence-electron chi connectivity index (χ2n) is 7.77. The second-order valence-corrected chi connectivity index (χ2v) is 7.77. The van der Waals surface area contributed by atoms with Gasteiger partial charge in [0, 0.05) is 18.5 Å². The number of aromatic nitrogens is 2. The van der Waals surface area contributed by atoms with Crippen molar-refractivity contribution in [2.75, 3.05) is 20.7 Å². The molecule has 3 atom stereocenters. The number of carbonyl (C=O) groups is 1. The minimum Gasteiger partial charge on any atom is -0.493 e. The normalized spacial score (nSPS) is 28.1. The average molecular weight is 381 g/mol. The summed E-state index contributed by atoms with van der Waals surface area (Å²) in [4.78, 5) is 21.3. The van der Waals surface area contributed by atoms with Gasteiger partial charge in [0.2, 0.25) is 0 Å². The molecule has 28 heavy (non-hydrogen) atoms. The first kappa shape index (κ1) is 17.3. The summed E-state index contributed by atoms with van der Waals surface area (Å²) in [5.41, 5.74) is 2.65. The molecule has 0 saturated heterocycles. The van der Waals surface area contributed by atoms with E-state index in [0.717, 1.165) is 31.0 Å². The van der Waals surface area contributed by atoms with Crippen LogP contribution in [0.15, 0.2) is 36.8 Å². The lowest BCUT2D eigenvalue weighted by Crippen LogP contribution is -2.43. The Morgan fingerprint density at radius 3 is 3.11 bits per heavy atom. The number of carbonyl (C=O) groups excluding carboxylic acids is 1. The standard InChI is InChI=1S/C21H23N3O4/c1-24-8-7-21-6-5-14(27-20(25)15-10-22-12-23-15)9-17(21)28-19-16(26-2)4-3-13(11-24)18(19)21/h3-6,10,12,14,17H,7-9,11H2,1-2H3,(H,22,23)/t14-,17?,21-/m0/s1. The molecule has 1 aromatic carbocycles. The Balaban J connectivity index is 1.50. The molecule has 3 aliphatic rings. The molecular formula is C21H23N3O4. The maximum atomic E-state index is 12.3. The van der Waals surface area contributed by atoms with Gasteiger partial charge in [-0.2, -0.15) is 0 Å². The van der Waals surface area contributed by atoms with Crippen molar-refractivity contribution in [1.82, 2.24) is 14.9 Å². The molecule has 1 aromatic heterocycles. The van der Waals surface area contributed by atoms with Crippen LogP contribution in [0.25, 0.3) is 0 Å². The molecule has 0 fully saturated rings. The molecule has 7 nitrogen and oxygen atoms in total. The Bertz CT molecular complexity index is 939. The number of ether oxygens (including phenoxy) is 3. The smallest absolute Gasteiger partial charge is 0.356 e. The van der Waals surface area contributed by atoms with Crippen LogP contribution < -0.4 is 9.47 Å². The summed E-state index contributed by atoms with van der Waals surface area (Å²) in [5, 5.41) is 0. The number of methoxy groups -OCH3 is 1. The lowest BCUT2D eigenvalue weighted by Gasteiger charge is -2.36. The molecule has 7 heteroatoms. The Morgan fingerprint density at radius 2 is 2.32 bits per heavy atom. The van der Waals surface area contributed by atoms with Crippen molar-refractivity contribution in [2.24, 2.45) is 0 Å². The van der Waals surface area contributed by atoms with E-state index in [1.165, 1.54) is 23.7 Å². The summed E-state index contributed by atoms with van der Waals surface area (Å²) in [5.74, 6) is 1.19. The Hall–Kier alpha value is -2.80. The monoisotopic (exact) mass is 381 g/mol. The third-order valence-electron chi connectivity index (χ3n) is 6.11. The number of imidazole rings is 1. The number of aromatic amines is 1. The summed E-state index contributed by atoms with van der Waals surface area (Å²) in [6, 6.07) is 4.13. The van der Waals surface area contributed by atoms with Crippen molar-refractivity contribution < 1.29 is 19.0 Å². The van der Waals surface area contributed by atoms with Crippen LogP contribution in [-0.2, 0) is 16.7 Å². The fourth-order valence-corrected chi connectivity index (χ4v) is 4.72. The van der Waals surface area contributed by atoms with Crippen molar-refractivity contribution in [3.8, 4) is 11.5 Å². The molecule has 1 unspecified atom stereocenters. The van der Waals surface area contributed by atoms with Gasteiger partial charge in [0.15, 0.2) is 11.5 Å². The van der Waals surface area contributed by atoms with E-state index < -0.39 is 5.97 Å². The average Bonchev–Trinajstić information content (AvgIpc) is 3.30. The number of esters is 1. The number of nitrogens with zero attached hydrogens (tertiary/aromatic N) is 2. The van der Waals surface area contributed by atoms with E-state index in [-0.39, 0.29) is 17.6 Å². The van der Waals surface area contributed by atoms with Gasteiger partial charge < -0.3 is 24.1 Å². The summed E-state index contributed by atoms with van der Waals surface area (Å²) in [6.07, 6.45) is 8.28. The van der Waals surface area contributed by atoms with E-state index in [2.05, 4.69) is 34.1 Å². The first-order valence-electron chi connectivity index (χ1n) is 9.55. The van der Waals surface area contributed by atoms with Crippen molar-refractivity contribution in [1.29, 1.82) is 0 Å². The number of hydrogen-bond acceptors (Lipinski definition) is 6. The van der Waals surface area contributed by atoms with Gasteiger partial charge in [-0.1, -0.05) is 12.1 Å². The van der Waals surface area contributed by atoms with E-state index in [1.54, 1.807) is 7.11 Å². The molecule has 5 rings (SSSR count). The van der Waals surface area contributed by atoms with Crippen LogP contribution in [0.2, 0.25) is 0 Å². The van der Waals surface area contributed by atoms with E-state index in [4.69, 9.17) is 14.2 Å². The molecule has 1 spiro atoms. The van der Waals surface area contributed by atoms with Crippen LogP contribution in [-0.4, -0.2) is 53.7 Å². The maximum absolute atomic E-state index is 12.3. The Labute approximate surface area is 163 Å². The third-order valence-corrected chi connectivity index (χ3v) is 6.11. The molecular weight excluding hydrogens is 358 g/mol. The van der Waals surface area contributed by atoms with E-state index in [9.17, 15) is 4.79 Å². The van der Waals surface area contributed by atoms with Crippen molar-refractivity contribution in [2.45, 2.75) is 37.0 Å². The molecule has 1 aliphatic carbocycles. The van der Waals surface area contributed by atoms with Gasteiger partial charge in [-0.05, 0) is 37.7 Å². The maximum Gasteiger partial charge on any atom is 0.356 e. The van der Waals surface area contributed by atoms with E-state index >= 15 is 0 Å². The quantitative estimate of drug-likeness (QED) is 0.650. The van der Waals surface area contributed by atoms with Crippen LogP contribution >= 0.6 is 0 Å². The first-order valence-corrected chi connectivity index (χ1v) is 9.55. The van der Waals surface area contributed by atoms with E-state index in [1.807, 2.05) is 12.1 Å². The summed E-state index contributed by atoms with van der Waals surface area (Å²) < 4.78 is 17.7. The van der Waals surface area contributed by atoms with Crippen molar-refractivity contribution in [3.05, 3.63) is 53.6 Å². The van der Waals surface area contributed by atoms with Crippen LogP contribution in [0.3, 0.4) is 0 Å². The Kier molecular flexibility index (Phi) is 3.94. The number of H-pyrrole nitrogens is 1. The number of hydrogen-bond donors (Lipinski definition) is 1. The predicted molar refractivity (Wildman–Crippen MR) is 102 cm³/mol. The topological polar surface area (TPSA) is 76.7 Å². The highest BCUT2D eigenvalue weighted by Crippen LogP contribution is 2.55. The predicted octanol–water partition coefficient (Wildman–Crippen LogP) is 2.44. The lowest BCUT2D eigenvalue weighted by molar-refractivity contribution is 0.0212. The highest BCUT2D eigenvalue weighted by atomic mass is 16.6. The van der Waals surface area contributed by atoms with Gasteiger partial charge in [-0.25, -0.2) is 9.78 Å². The van der Waals surface area contributed by atoms with Crippen LogP contribution in [0.4, 0.5) is 0 Å². The number of nitrogens with one attached hydrogen (secondary N) is 1. The van der Waals surface area contributed by atoms with E-state index in [0.29, 0.717) is 12.1 Å². The molecule has 0 radical (unpaired) electrons. The van der Waals surface area contributed by atoms with Crippen LogP contribution in [0.1, 0.15) is 34.5 Å². The molecule has 0 amide bonds. The third kappa shape index (κ3) is 2.53. The fraction of sp³-hybridized carbons (Fsp3) is 0.429. The second kappa shape index (κ2) is 6.38. The molecule has 1 N–H and O–H groups in total. The van der Waals surface area contributed by atoms with Crippen molar-refractivity contribution >= 4 is 5.97 Å². The largest absolute Gasteiger partial charge is 0.493 e. The zero-order chi connectivity index (χ0) is 19.3. The Morgan fingerprint density at radius 1 is 1.43 bits per heavy atom. The highest BCUT2D eigenvalue weighted by molar-refractivity contribution is 5.87. The minimum absolute atomic E-state index is 0.0892. The molecule has 2 aliphatic heterocycles. The zero-order valence-corrected chi connectivity index (χ0v) is 16.0. The summed E-state index contributed by atoms with van der Waals surface area (Å²) in [7, 11) is 3.82. The van der Waals surface area contributed by atoms with Gasteiger partial charge in [0.1, 0.15) is 17.9 Å². The molecule has 146 valence electrons. The summed E-state index contributed by atoms with van der Waals surface area (Å²) in [6.45, 7) is 1.86. The first-order chi connectivity index (χ1) is 13.6. The van der Waals surface area contributed by atoms with Crippen LogP contribution in [0.5, 0.6) is 11.5 Å². The molecule has 2 aromatic rings.